The molecule has 0 heterocycles. The lowest BCUT2D eigenvalue weighted by Gasteiger charge is -2.60. The Morgan fingerprint density at radius 3 is 2.45 bits per heavy atom. The van der Waals surface area contributed by atoms with Crippen LogP contribution in [-0.2, 0) is 19.1 Å². The Morgan fingerprint density at radius 2 is 1.93 bits per heavy atom. The zero-order valence-electron chi connectivity index (χ0n) is 19.2. The van der Waals surface area contributed by atoms with Gasteiger partial charge in [-0.15, -0.1) is 0 Å². The van der Waals surface area contributed by atoms with Crippen LogP contribution in [0.2, 0.25) is 0 Å². The maximum absolute atomic E-state index is 12.3. The molecule has 29 heavy (non-hydrogen) atoms. The molecule has 1 saturated carbocycles. The number of carbonyl (C=O) groups is 3. The third kappa shape index (κ3) is 4.27. The van der Waals surface area contributed by atoms with E-state index in [1.54, 1.807) is 0 Å². The van der Waals surface area contributed by atoms with Gasteiger partial charge in [-0.05, 0) is 63.2 Å². The lowest BCUT2D eigenvalue weighted by Crippen LogP contribution is -2.60. The van der Waals surface area contributed by atoms with Gasteiger partial charge in [0.15, 0.2) is 5.78 Å². The summed E-state index contributed by atoms with van der Waals surface area (Å²) in [6.07, 6.45) is 9.33. The fourth-order valence-corrected chi connectivity index (χ4v) is 5.86. The lowest BCUT2D eigenvalue weighted by atomic mass is 9.44. The van der Waals surface area contributed by atoms with E-state index >= 15 is 0 Å². The molecule has 2 aliphatic rings. The summed E-state index contributed by atoms with van der Waals surface area (Å²) in [6.45, 7) is 14.0. The number of ether oxygens (including phenoxy) is 1. The van der Waals surface area contributed by atoms with Crippen molar-refractivity contribution in [3.05, 3.63) is 23.3 Å². The first-order valence-electron chi connectivity index (χ1n) is 11.0. The van der Waals surface area contributed by atoms with Gasteiger partial charge in [-0.1, -0.05) is 45.4 Å². The monoisotopic (exact) mass is 402 g/mol. The first kappa shape index (κ1) is 23.6. The van der Waals surface area contributed by atoms with Gasteiger partial charge in [-0.2, -0.15) is 0 Å². The van der Waals surface area contributed by atoms with Crippen LogP contribution in [0.5, 0.6) is 0 Å². The molecule has 0 aromatic carbocycles. The number of hydrogen-bond acceptors (Lipinski definition) is 4. The molecule has 0 radical (unpaired) electrons. The highest BCUT2D eigenvalue weighted by molar-refractivity contribution is 5.97. The Balaban J connectivity index is 2.52. The number of fused-ring (bicyclic) bond motifs is 1. The molecule has 2 aliphatic carbocycles. The van der Waals surface area contributed by atoms with E-state index in [9.17, 15) is 14.4 Å². The van der Waals surface area contributed by atoms with Crippen LogP contribution >= 0.6 is 0 Å². The number of esters is 1. The van der Waals surface area contributed by atoms with Crippen molar-refractivity contribution in [2.75, 3.05) is 0 Å². The minimum atomic E-state index is -0.575. The third-order valence-electron chi connectivity index (χ3n) is 8.12. The highest BCUT2D eigenvalue weighted by Gasteiger charge is 2.61. The highest BCUT2D eigenvalue weighted by Crippen LogP contribution is 2.62. The van der Waals surface area contributed by atoms with Crippen molar-refractivity contribution in [1.82, 2.24) is 0 Å². The second-order valence-electron chi connectivity index (χ2n) is 9.67. The molecule has 2 rings (SSSR count). The van der Waals surface area contributed by atoms with E-state index in [1.165, 1.54) is 19.4 Å². The first-order chi connectivity index (χ1) is 13.5. The molecule has 0 spiro atoms. The quantitative estimate of drug-likeness (QED) is 0.322. The zero-order valence-corrected chi connectivity index (χ0v) is 19.2. The second-order valence-corrected chi connectivity index (χ2v) is 9.67. The summed E-state index contributed by atoms with van der Waals surface area (Å²) >= 11 is 0. The van der Waals surface area contributed by atoms with Gasteiger partial charge >= 0.3 is 5.97 Å². The predicted molar refractivity (Wildman–Crippen MR) is 115 cm³/mol. The summed E-state index contributed by atoms with van der Waals surface area (Å²) in [6, 6.07) is 0. The Labute approximate surface area is 176 Å². The summed E-state index contributed by atoms with van der Waals surface area (Å²) in [5.74, 6) is -0.340. The summed E-state index contributed by atoms with van der Waals surface area (Å²) in [5, 5.41) is 0. The first-order valence-corrected chi connectivity index (χ1v) is 11.0. The number of allylic oxidation sites excluding steroid dienone is 4. The van der Waals surface area contributed by atoms with Crippen molar-refractivity contribution in [1.29, 1.82) is 0 Å². The van der Waals surface area contributed by atoms with Gasteiger partial charge in [0.05, 0.1) is 5.92 Å². The van der Waals surface area contributed by atoms with Gasteiger partial charge < -0.3 is 9.53 Å². The van der Waals surface area contributed by atoms with E-state index in [0.29, 0.717) is 11.5 Å². The molecule has 4 nitrogen and oxygen atoms in total. The van der Waals surface area contributed by atoms with Crippen LogP contribution in [0.1, 0.15) is 80.6 Å². The smallest absolute Gasteiger partial charge is 0.302 e. The van der Waals surface area contributed by atoms with Gasteiger partial charge in [-0.3, -0.25) is 9.59 Å². The molecule has 0 aromatic rings. The van der Waals surface area contributed by atoms with Crippen molar-refractivity contribution in [3.8, 4) is 0 Å². The molecule has 6 unspecified atom stereocenters. The van der Waals surface area contributed by atoms with Crippen LogP contribution in [-0.4, -0.2) is 24.1 Å². The van der Waals surface area contributed by atoms with Crippen molar-refractivity contribution in [2.45, 2.75) is 86.7 Å². The van der Waals surface area contributed by atoms with Crippen molar-refractivity contribution in [3.63, 3.8) is 0 Å². The number of carbonyl (C=O) groups excluding carboxylic acids is 3. The molecule has 0 bridgehead atoms. The average molecular weight is 403 g/mol. The SMILES string of the molecule is CCC(C)=CCC(C)C1(C)CCC(OC(C)=O)C2(C)C(C=O)C(C(C)=O)=CCC12. The molecule has 0 N–H and O–H groups in total. The number of hydrogen-bond donors (Lipinski definition) is 0. The average Bonchev–Trinajstić information content (AvgIpc) is 2.66. The predicted octanol–water partition coefficient (Wildman–Crippen LogP) is 5.46. The summed E-state index contributed by atoms with van der Waals surface area (Å²) in [4.78, 5) is 36.4. The maximum atomic E-state index is 12.3. The van der Waals surface area contributed by atoms with E-state index in [-0.39, 0.29) is 29.2 Å². The van der Waals surface area contributed by atoms with Crippen LogP contribution in [0.4, 0.5) is 0 Å². The number of ketones is 1. The number of rotatable bonds is 7. The van der Waals surface area contributed by atoms with Crippen molar-refractivity contribution in [2.24, 2.45) is 28.6 Å². The molecular weight excluding hydrogens is 364 g/mol. The molecule has 0 aliphatic heterocycles. The molecule has 6 atom stereocenters. The molecule has 1 fully saturated rings. The van der Waals surface area contributed by atoms with Crippen LogP contribution in [0.15, 0.2) is 23.3 Å². The fourth-order valence-electron chi connectivity index (χ4n) is 5.86. The minimum Gasteiger partial charge on any atom is -0.462 e. The van der Waals surface area contributed by atoms with Gasteiger partial charge in [0, 0.05) is 17.9 Å². The van der Waals surface area contributed by atoms with Crippen LogP contribution in [0.25, 0.3) is 0 Å². The lowest BCUT2D eigenvalue weighted by molar-refractivity contribution is -0.184. The highest BCUT2D eigenvalue weighted by atomic mass is 16.5. The van der Waals surface area contributed by atoms with Crippen molar-refractivity contribution < 1.29 is 19.1 Å². The molecule has 162 valence electrons. The number of aldehydes is 1. The maximum Gasteiger partial charge on any atom is 0.302 e. The topological polar surface area (TPSA) is 60.4 Å². The van der Waals surface area contributed by atoms with Gasteiger partial charge in [0.2, 0.25) is 0 Å². The normalized spacial score (nSPS) is 35.9. The molecule has 0 amide bonds. The van der Waals surface area contributed by atoms with E-state index < -0.39 is 11.3 Å². The molecule has 0 aromatic heterocycles. The van der Waals surface area contributed by atoms with E-state index in [2.05, 4.69) is 40.7 Å². The van der Waals surface area contributed by atoms with Crippen LogP contribution in [0, 0.1) is 28.6 Å². The second kappa shape index (κ2) is 8.97. The minimum absolute atomic E-state index is 0.00397. The van der Waals surface area contributed by atoms with Gasteiger partial charge in [0.25, 0.3) is 0 Å². The van der Waals surface area contributed by atoms with E-state index in [0.717, 1.165) is 38.4 Å². The summed E-state index contributed by atoms with van der Waals surface area (Å²) in [7, 11) is 0. The number of Topliss-reactive ketones (excluding diaryl/α,β-unsaturated/α-hetero) is 1. The summed E-state index contributed by atoms with van der Waals surface area (Å²) in [5.41, 5.74) is 1.39. The molecule has 4 heteroatoms. The zero-order chi connectivity index (χ0) is 22.0. The third-order valence-corrected chi connectivity index (χ3v) is 8.12. The molecular formula is C25H38O4. The fraction of sp³-hybridized carbons (Fsp3) is 0.720. The Bertz CT molecular complexity index is 718. The van der Waals surface area contributed by atoms with Gasteiger partial charge in [-0.25, -0.2) is 0 Å². The van der Waals surface area contributed by atoms with Crippen LogP contribution in [0.3, 0.4) is 0 Å². The summed E-state index contributed by atoms with van der Waals surface area (Å²) < 4.78 is 5.76. The Hall–Kier alpha value is -1.71. The Kier molecular flexibility index (Phi) is 7.29. The Morgan fingerprint density at radius 1 is 1.28 bits per heavy atom. The van der Waals surface area contributed by atoms with E-state index in [4.69, 9.17) is 4.74 Å². The van der Waals surface area contributed by atoms with Crippen LogP contribution < -0.4 is 0 Å². The van der Waals surface area contributed by atoms with Gasteiger partial charge in [0.1, 0.15) is 12.4 Å². The standard InChI is InChI=1S/C25H38O4/c1-8-16(2)9-10-17(3)24(6)14-13-23(29-19(5)28)25(7)21(15-26)20(18(4)27)11-12-22(24)25/h9,11,15,17,21-23H,8,10,12-14H2,1-7H3. The van der Waals surface area contributed by atoms with E-state index in [1.807, 2.05) is 6.08 Å². The largest absolute Gasteiger partial charge is 0.462 e. The van der Waals surface area contributed by atoms with Crippen molar-refractivity contribution >= 4 is 18.0 Å². The molecule has 0 saturated heterocycles.